The summed E-state index contributed by atoms with van der Waals surface area (Å²) in [5.41, 5.74) is 0. The molecule has 2 aromatic heterocycles. The third kappa shape index (κ3) is 1.01. The third-order valence-electron chi connectivity index (χ3n) is 1.24. The first-order chi connectivity index (χ1) is 6.70. The van der Waals surface area contributed by atoms with Gasteiger partial charge in [-0.05, 0) is 24.9 Å². The maximum absolute atomic E-state index is 10.4. The van der Waals surface area contributed by atoms with Gasteiger partial charge in [-0.2, -0.15) is 0 Å². The van der Waals surface area contributed by atoms with Crippen molar-refractivity contribution in [3.05, 3.63) is 10.1 Å². The van der Waals surface area contributed by atoms with Gasteiger partial charge in [0.1, 0.15) is 0 Å². The molecule has 0 aliphatic rings. The molecule has 12 nitrogen and oxygen atoms in total. The molecule has 0 amide bonds. The van der Waals surface area contributed by atoms with E-state index in [0.29, 0.717) is 4.68 Å². The molecule has 0 saturated heterocycles. The zero-order chi connectivity index (χ0) is 10.1. The van der Waals surface area contributed by atoms with E-state index in [-0.39, 0.29) is 10.8 Å². The monoisotopic (exact) mass is 199 g/mol. The summed E-state index contributed by atoms with van der Waals surface area (Å²) in [6.07, 6.45) is 0. The van der Waals surface area contributed by atoms with Crippen LogP contribution in [0.25, 0.3) is 5.95 Å². The summed E-state index contributed by atoms with van der Waals surface area (Å²) in [4.78, 5) is 9.75. The molecule has 14 heavy (non-hydrogen) atoms. The van der Waals surface area contributed by atoms with Crippen molar-refractivity contribution in [3.63, 3.8) is 0 Å². The largest absolute Gasteiger partial charge is 0.487 e. The molecule has 0 aromatic carbocycles. The zero-order valence-electron chi connectivity index (χ0n) is 6.29. The van der Waals surface area contributed by atoms with Gasteiger partial charge >= 0.3 is 11.9 Å². The van der Waals surface area contributed by atoms with Gasteiger partial charge in [0.25, 0.3) is 0 Å². The van der Waals surface area contributed by atoms with Crippen molar-refractivity contribution in [2.75, 3.05) is 0 Å². The Bertz CT molecular complexity index is 470. The van der Waals surface area contributed by atoms with Gasteiger partial charge in [-0.15, -0.1) is 0 Å². The Morgan fingerprint density at radius 1 is 1.29 bits per heavy atom. The topological polar surface area (TPSA) is 151 Å². The van der Waals surface area contributed by atoms with Crippen LogP contribution in [0, 0.1) is 10.1 Å². The minimum absolute atomic E-state index is 0.212. The van der Waals surface area contributed by atoms with Crippen LogP contribution in [-0.2, 0) is 0 Å². The fourth-order valence-electron chi connectivity index (χ4n) is 0.731. The number of aromatic nitrogens is 8. The maximum Gasteiger partial charge on any atom is 0.487 e. The van der Waals surface area contributed by atoms with Crippen LogP contribution >= 0.6 is 0 Å². The fraction of sp³-hybridized carbons (Fsp3) is 0. The molecule has 0 aliphatic heterocycles. The molecular weight excluding hydrogens is 198 g/mol. The first-order valence-corrected chi connectivity index (χ1v) is 3.11. The Kier molecular flexibility index (Phi) is 1.53. The Morgan fingerprint density at radius 2 is 2.00 bits per heavy atom. The van der Waals surface area contributed by atoms with Gasteiger partial charge in [-0.3, -0.25) is 0 Å². The lowest BCUT2D eigenvalue weighted by molar-refractivity contribution is -0.396. The molecule has 0 saturated carbocycles. The zero-order valence-corrected chi connectivity index (χ0v) is 6.29. The standard InChI is InChI=1S/C2HN9O3/c12-10-1(3-6-8-10)9-2(11(13)14)4-5-7-9/h12H. The average molecular weight is 199 g/mol. The second kappa shape index (κ2) is 2.68. The van der Waals surface area contributed by atoms with E-state index in [2.05, 4.69) is 31.1 Å². The number of nitrogens with zero attached hydrogens (tertiary/aromatic N) is 9. The summed E-state index contributed by atoms with van der Waals surface area (Å²) in [5, 5.41) is 38.1. The molecule has 0 atom stereocenters. The molecule has 0 aliphatic carbocycles. The summed E-state index contributed by atoms with van der Waals surface area (Å²) < 4.78 is 0.583. The van der Waals surface area contributed by atoms with Crippen molar-refractivity contribution in [3.8, 4) is 5.95 Å². The SMILES string of the molecule is O=[N+]([O-])c1nnnn1-c1nnnn1O. The predicted octanol–water partition coefficient (Wildman–Crippen LogP) is -2.21. The van der Waals surface area contributed by atoms with Crippen LogP contribution in [0.3, 0.4) is 0 Å². The molecule has 2 heterocycles. The Hall–Kier alpha value is -2.66. The number of nitro groups is 1. The van der Waals surface area contributed by atoms with E-state index in [9.17, 15) is 10.1 Å². The normalized spacial score (nSPS) is 10.3. The number of hydrogen-bond acceptors (Lipinski definition) is 9. The highest BCUT2D eigenvalue weighted by Gasteiger charge is 2.25. The summed E-state index contributed by atoms with van der Waals surface area (Å²) in [5.74, 6) is -1.07. The van der Waals surface area contributed by atoms with Crippen molar-refractivity contribution in [1.82, 2.24) is 40.6 Å². The van der Waals surface area contributed by atoms with Crippen molar-refractivity contribution in [1.29, 1.82) is 0 Å². The lowest BCUT2D eigenvalue weighted by Crippen LogP contribution is -2.09. The summed E-state index contributed by atoms with van der Waals surface area (Å²) in [7, 11) is 0. The van der Waals surface area contributed by atoms with E-state index in [1.165, 1.54) is 0 Å². The van der Waals surface area contributed by atoms with Crippen LogP contribution in [0.1, 0.15) is 0 Å². The van der Waals surface area contributed by atoms with Crippen molar-refractivity contribution in [2.24, 2.45) is 0 Å². The molecule has 2 aromatic rings. The van der Waals surface area contributed by atoms with Gasteiger partial charge in [-0.1, -0.05) is 5.10 Å². The van der Waals surface area contributed by atoms with Gasteiger partial charge in [0.15, 0.2) is 0 Å². The van der Waals surface area contributed by atoms with Crippen LogP contribution in [0.5, 0.6) is 0 Å². The van der Waals surface area contributed by atoms with Crippen LogP contribution in [0.4, 0.5) is 5.95 Å². The van der Waals surface area contributed by atoms with E-state index < -0.39 is 10.9 Å². The van der Waals surface area contributed by atoms with Crippen molar-refractivity contribution in [2.45, 2.75) is 0 Å². The Morgan fingerprint density at radius 3 is 2.57 bits per heavy atom. The quantitative estimate of drug-likeness (QED) is 0.322. The van der Waals surface area contributed by atoms with Crippen LogP contribution in [0.15, 0.2) is 0 Å². The highest BCUT2D eigenvalue weighted by Crippen LogP contribution is 2.07. The number of tetrazole rings is 2. The molecule has 72 valence electrons. The molecule has 2 rings (SSSR count). The van der Waals surface area contributed by atoms with E-state index in [4.69, 9.17) is 5.21 Å². The maximum atomic E-state index is 10.4. The van der Waals surface area contributed by atoms with Crippen molar-refractivity contribution < 1.29 is 10.1 Å². The molecule has 0 spiro atoms. The summed E-state index contributed by atoms with van der Waals surface area (Å²) >= 11 is 0. The smallest absolute Gasteiger partial charge is 0.406 e. The lowest BCUT2D eigenvalue weighted by Gasteiger charge is -1.92. The van der Waals surface area contributed by atoms with Crippen LogP contribution in [0.2, 0.25) is 0 Å². The summed E-state index contributed by atoms with van der Waals surface area (Å²) in [6, 6.07) is 0. The van der Waals surface area contributed by atoms with Gasteiger partial charge < -0.3 is 15.3 Å². The molecule has 0 bridgehead atoms. The molecule has 12 heteroatoms. The number of hydrogen-bond donors (Lipinski definition) is 1. The molecular formula is C2HN9O3. The molecule has 0 radical (unpaired) electrons. The Labute approximate surface area is 73.9 Å². The van der Waals surface area contributed by atoms with E-state index in [0.717, 1.165) is 0 Å². The number of rotatable bonds is 2. The highest BCUT2D eigenvalue weighted by molar-refractivity contribution is 5.14. The fourth-order valence-corrected chi connectivity index (χ4v) is 0.731. The minimum atomic E-state index is -0.839. The highest BCUT2D eigenvalue weighted by atomic mass is 16.6. The van der Waals surface area contributed by atoms with Gasteiger partial charge in [-0.25, -0.2) is 0 Å². The van der Waals surface area contributed by atoms with Crippen LogP contribution < -0.4 is 0 Å². The van der Waals surface area contributed by atoms with Crippen LogP contribution in [-0.4, -0.2) is 50.7 Å². The second-order valence-corrected chi connectivity index (χ2v) is 2.02. The van der Waals surface area contributed by atoms with Gasteiger partial charge in [0, 0.05) is 5.21 Å². The van der Waals surface area contributed by atoms with E-state index in [1.54, 1.807) is 0 Å². The van der Waals surface area contributed by atoms with Gasteiger partial charge in [0.05, 0.1) is 10.3 Å². The first kappa shape index (κ1) is 7.96. The molecule has 0 unspecified atom stereocenters. The predicted molar refractivity (Wildman–Crippen MR) is 34.4 cm³/mol. The lowest BCUT2D eigenvalue weighted by atomic mass is 10.9. The Balaban J connectivity index is 2.57. The third-order valence-corrected chi connectivity index (χ3v) is 1.24. The first-order valence-electron chi connectivity index (χ1n) is 3.11. The molecule has 1 N–H and O–H groups in total. The summed E-state index contributed by atoms with van der Waals surface area (Å²) in [6.45, 7) is 0. The minimum Gasteiger partial charge on any atom is -0.406 e. The van der Waals surface area contributed by atoms with E-state index >= 15 is 0 Å². The second-order valence-electron chi connectivity index (χ2n) is 2.02. The van der Waals surface area contributed by atoms with Gasteiger partial charge in [0.2, 0.25) is 0 Å². The van der Waals surface area contributed by atoms with Crippen molar-refractivity contribution >= 4 is 5.95 Å². The van der Waals surface area contributed by atoms with E-state index in [1.807, 2.05) is 0 Å². The molecule has 0 fully saturated rings. The average Bonchev–Trinajstić information content (AvgIpc) is 2.70.